The van der Waals surface area contributed by atoms with Gasteiger partial charge in [-0.25, -0.2) is 4.79 Å². The molecule has 2 saturated heterocycles. The van der Waals surface area contributed by atoms with Gasteiger partial charge in [-0.1, -0.05) is 29.3 Å². The quantitative estimate of drug-likeness (QED) is 0.816. The molecule has 3 aliphatic heterocycles. The van der Waals surface area contributed by atoms with E-state index < -0.39 is 6.04 Å². The first kappa shape index (κ1) is 16.5. The zero-order chi connectivity index (χ0) is 17.9. The van der Waals surface area contributed by atoms with E-state index in [9.17, 15) is 9.59 Å². The summed E-state index contributed by atoms with van der Waals surface area (Å²) in [6.07, 6.45) is 1.35. The maximum absolute atomic E-state index is 13.0. The van der Waals surface area contributed by atoms with E-state index >= 15 is 0 Å². The van der Waals surface area contributed by atoms with Crippen LogP contribution in [0.15, 0.2) is 30.1 Å². The number of nitrogens with one attached hydrogen (secondary N) is 2. The van der Waals surface area contributed by atoms with Crippen LogP contribution in [0.1, 0.15) is 12.5 Å². The second kappa shape index (κ2) is 5.79. The van der Waals surface area contributed by atoms with Gasteiger partial charge in [0, 0.05) is 18.9 Å². The summed E-state index contributed by atoms with van der Waals surface area (Å²) in [7, 11) is 1.69. The lowest BCUT2D eigenvalue weighted by Crippen LogP contribution is -2.65. The molecule has 0 bridgehead atoms. The first-order chi connectivity index (χ1) is 11.9. The maximum atomic E-state index is 13.0. The highest BCUT2D eigenvalue weighted by atomic mass is 35.5. The number of rotatable bonds is 2. The van der Waals surface area contributed by atoms with E-state index in [1.165, 1.54) is 4.90 Å². The van der Waals surface area contributed by atoms with Gasteiger partial charge in [-0.05, 0) is 24.6 Å². The Morgan fingerprint density at radius 1 is 1.20 bits per heavy atom. The van der Waals surface area contributed by atoms with Crippen LogP contribution in [0.2, 0.25) is 10.0 Å². The first-order valence-corrected chi connectivity index (χ1v) is 8.63. The minimum Gasteiger partial charge on any atom is -0.355 e. The second-order valence-corrected chi connectivity index (χ2v) is 7.24. The molecule has 4 rings (SSSR count). The Kier molecular flexibility index (Phi) is 3.82. The summed E-state index contributed by atoms with van der Waals surface area (Å²) < 4.78 is 0. The number of nitrogens with zero attached hydrogens (tertiary/aromatic N) is 3. The maximum Gasteiger partial charge on any atom is 0.328 e. The minimum absolute atomic E-state index is 0.150. The van der Waals surface area contributed by atoms with Gasteiger partial charge in [0.25, 0.3) is 5.91 Å². The third-order valence-electron chi connectivity index (χ3n) is 4.75. The van der Waals surface area contributed by atoms with Crippen molar-refractivity contribution in [2.24, 2.45) is 0 Å². The number of imide groups is 1. The van der Waals surface area contributed by atoms with E-state index in [0.29, 0.717) is 10.0 Å². The van der Waals surface area contributed by atoms with Crippen molar-refractivity contribution in [1.29, 1.82) is 0 Å². The molecule has 3 amide bonds. The Bertz CT molecular complexity index is 799. The highest BCUT2D eigenvalue weighted by Crippen LogP contribution is 2.31. The van der Waals surface area contributed by atoms with Crippen molar-refractivity contribution in [2.45, 2.75) is 32.0 Å². The van der Waals surface area contributed by atoms with E-state index in [1.807, 2.05) is 18.0 Å². The third kappa shape index (κ3) is 2.54. The summed E-state index contributed by atoms with van der Waals surface area (Å²) >= 11 is 12.0. The van der Waals surface area contributed by atoms with Crippen LogP contribution in [-0.2, 0) is 11.3 Å². The number of amides is 3. The molecule has 9 heteroatoms. The number of halogens is 2. The molecule has 0 aliphatic carbocycles. The van der Waals surface area contributed by atoms with Crippen LogP contribution >= 0.6 is 23.2 Å². The molecule has 25 heavy (non-hydrogen) atoms. The van der Waals surface area contributed by atoms with Crippen LogP contribution in [0.5, 0.6) is 0 Å². The van der Waals surface area contributed by atoms with Gasteiger partial charge < -0.3 is 15.1 Å². The van der Waals surface area contributed by atoms with Crippen LogP contribution in [0.4, 0.5) is 4.79 Å². The van der Waals surface area contributed by atoms with E-state index in [4.69, 9.17) is 23.2 Å². The summed E-state index contributed by atoms with van der Waals surface area (Å²) in [4.78, 5) is 30.5. The molecule has 132 valence electrons. The fourth-order valence-corrected chi connectivity index (χ4v) is 3.85. The molecule has 0 radical (unpaired) electrons. The highest BCUT2D eigenvalue weighted by Gasteiger charge is 2.54. The molecule has 2 fully saturated rings. The zero-order valence-electron chi connectivity index (χ0n) is 13.7. The molecule has 2 N–H and O–H groups in total. The van der Waals surface area contributed by atoms with Gasteiger partial charge in [0.05, 0.1) is 16.6 Å². The first-order valence-electron chi connectivity index (χ1n) is 7.87. The molecule has 3 heterocycles. The van der Waals surface area contributed by atoms with Gasteiger partial charge in [0.2, 0.25) is 0 Å². The zero-order valence-corrected chi connectivity index (χ0v) is 15.2. The Labute approximate surface area is 155 Å². The Morgan fingerprint density at radius 2 is 1.96 bits per heavy atom. The van der Waals surface area contributed by atoms with Gasteiger partial charge >= 0.3 is 6.03 Å². The topological polar surface area (TPSA) is 67.9 Å². The van der Waals surface area contributed by atoms with Gasteiger partial charge in [0.15, 0.2) is 6.29 Å². The molecule has 7 nitrogen and oxygen atoms in total. The third-order valence-corrected chi connectivity index (χ3v) is 5.49. The van der Waals surface area contributed by atoms with Crippen LogP contribution in [0.3, 0.4) is 0 Å². The van der Waals surface area contributed by atoms with E-state index in [0.717, 1.165) is 11.3 Å². The molecule has 3 atom stereocenters. The monoisotopic (exact) mass is 381 g/mol. The smallest absolute Gasteiger partial charge is 0.328 e. The number of carbonyl (C=O) groups excluding carboxylic acids is 2. The summed E-state index contributed by atoms with van der Waals surface area (Å²) in [5.41, 5.74) is 1.72. The van der Waals surface area contributed by atoms with Crippen LogP contribution in [0, 0.1) is 0 Å². The SMILES string of the molecule is CC1=CN2C(N1)NC1C2C(=O)N(Cc2ccc(Cl)c(Cl)c2)C(=O)N1C. The number of urea groups is 1. The lowest BCUT2D eigenvalue weighted by molar-refractivity contribution is -0.137. The largest absolute Gasteiger partial charge is 0.355 e. The van der Waals surface area contributed by atoms with Crippen molar-refractivity contribution in [3.63, 3.8) is 0 Å². The molecule has 3 aliphatic rings. The molecular weight excluding hydrogens is 365 g/mol. The standard InChI is InChI=1S/C16H17Cl2N5O2/c1-8-6-22-12-13(20-15(22)19-8)21(2)16(25)23(14(12)24)7-9-3-4-10(17)11(18)5-9/h3-6,12-13,15,19-20H,7H2,1-2H3. The van der Waals surface area contributed by atoms with Crippen molar-refractivity contribution in [3.8, 4) is 0 Å². The number of benzene rings is 1. The number of allylic oxidation sites excluding steroid dienone is 1. The summed E-state index contributed by atoms with van der Waals surface area (Å²) in [6.45, 7) is 2.08. The fourth-order valence-electron chi connectivity index (χ4n) is 3.53. The molecule has 3 unspecified atom stereocenters. The van der Waals surface area contributed by atoms with Gasteiger partial charge in [-0.3, -0.25) is 15.0 Å². The van der Waals surface area contributed by atoms with E-state index in [1.54, 1.807) is 30.1 Å². The van der Waals surface area contributed by atoms with Gasteiger partial charge in [0.1, 0.15) is 12.2 Å². The number of hydrogen-bond acceptors (Lipinski definition) is 5. The lowest BCUT2D eigenvalue weighted by Gasteiger charge is -2.40. The van der Waals surface area contributed by atoms with Gasteiger partial charge in [-0.15, -0.1) is 0 Å². The average molecular weight is 382 g/mol. The minimum atomic E-state index is -0.472. The molecule has 0 aromatic heterocycles. The van der Waals surface area contributed by atoms with E-state index in [-0.39, 0.29) is 30.9 Å². The van der Waals surface area contributed by atoms with Crippen molar-refractivity contribution < 1.29 is 9.59 Å². The molecular formula is C16H17Cl2N5O2. The second-order valence-electron chi connectivity index (χ2n) is 6.43. The number of fused-ring (bicyclic) bond motifs is 3. The summed E-state index contributed by atoms with van der Waals surface area (Å²) in [5.74, 6) is -0.234. The molecule has 1 aromatic rings. The highest BCUT2D eigenvalue weighted by molar-refractivity contribution is 6.42. The lowest BCUT2D eigenvalue weighted by atomic mass is 10.1. The number of carbonyl (C=O) groups is 2. The fraction of sp³-hybridized carbons (Fsp3) is 0.375. The number of hydrogen-bond donors (Lipinski definition) is 2. The molecule has 0 saturated carbocycles. The van der Waals surface area contributed by atoms with E-state index in [2.05, 4.69) is 10.6 Å². The molecule has 1 aromatic carbocycles. The van der Waals surface area contributed by atoms with Crippen LogP contribution < -0.4 is 10.6 Å². The Hall–Kier alpha value is -1.96. The van der Waals surface area contributed by atoms with Crippen molar-refractivity contribution in [3.05, 3.63) is 45.7 Å². The Balaban J connectivity index is 1.63. The summed E-state index contributed by atoms with van der Waals surface area (Å²) in [5, 5.41) is 7.35. The Morgan fingerprint density at radius 3 is 2.68 bits per heavy atom. The molecule has 0 spiro atoms. The predicted molar refractivity (Wildman–Crippen MR) is 93.4 cm³/mol. The van der Waals surface area contributed by atoms with Crippen molar-refractivity contribution in [1.82, 2.24) is 25.3 Å². The van der Waals surface area contributed by atoms with Crippen molar-refractivity contribution >= 4 is 35.1 Å². The van der Waals surface area contributed by atoms with Crippen LogP contribution in [0.25, 0.3) is 0 Å². The van der Waals surface area contributed by atoms with Crippen molar-refractivity contribution in [2.75, 3.05) is 7.05 Å². The number of likely N-dealkylation sites (N-methyl/N-ethyl adjacent to an activating group) is 1. The van der Waals surface area contributed by atoms with Gasteiger partial charge in [-0.2, -0.15) is 0 Å². The predicted octanol–water partition coefficient (Wildman–Crippen LogP) is 1.74. The summed E-state index contributed by atoms with van der Waals surface area (Å²) in [6, 6.07) is 4.28. The average Bonchev–Trinajstić information content (AvgIpc) is 3.08. The normalized spacial score (nSPS) is 28.1. The van der Waals surface area contributed by atoms with Crippen LogP contribution in [-0.4, -0.2) is 52.2 Å².